The third-order valence-corrected chi connectivity index (χ3v) is 4.79. The Morgan fingerprint density at radius 2 is 2.00 bits per heavy atom. The fraction of sp³-hybridized carbons (Fsp3) is 0.471. The van der Waals surface area contributed by atoms with Gasteiger partial charge in [0.15, 0.2) is 0 Å². The van der Waals surface area contributed by atoms with E-state index in [9.17, 15) is 4.79 Å². The lowest BCUT2D eigenvalue weighted by molar-refractivity contribution is -0.124. The molecule has 2 unspecified atom stereocenters. The van der Waals surface area contributed by atoms with Gasteiger partial charge in [-0.2, -0.15) is 0 Å². The van der Waals surface area contributed by atoms with Crippen LogP contribution < -0.4 is 0 Å². The highest BCUT2D eigenvalue weighted by Gasteiger charge is 2.29. The lowest BCUT2D eigenvalue weighted by Gasteiger charge is -2.27. The van der Waals surface area contributed by atoms with Gasteiger partial charge in [-0.3, -0.25) is 4.79 Å². The van der Waals surface area contributed by atoms with Crippen molar-refractivity contribution in [3.63, 3.8) is 0 Å². The lowest BCUT2D eigenvalue weighted by Crippen LogP contribution is -2.28. The van der Waals surface area contributed by atoms with Crippen molar-refractivity contribution in [2.24, 2.45) is 5.92 Å². The largest absolute Gasteiger partial charge is 0.299 e. The van der Waals surface area contributed by atoms with E-state index in [0.29, 0.717) is 11.0 Å². The summed E-state index contributed by atoms with van der Waals surface area (Å²) in [7, 11) is 0. The minimum Gasteiger partial charge on any atom is -0.299 e. The van der Waals surface area contributed by atoms with Gasteiger partial charge in [-0.25, -0.2) is 0 Å². The van der Waals surface area contributed by atoms with E-state index in [1.807, 2.05) is 17.8 Å². The maximum atomic E-state index is 12.2. The molecule has 0 aromatic heterocycles. The summed E-state index contributed by atoms with van der Waals surface area (Å²) in [4.78, 5) is 13.4. The van der Waals surface area contributed by atoms with Gasteiger partial charge in [0.05, 0.1) is 0 Å². The second kappa shape index (κ2) is 6.95. The van der Waals surface area contributed by atoms with Gasteiger partial charge < -0.3 is 0 Å². The van der Waals surface area contributed by atoms with Crippen molar-refractivity contribution in [3.05, 3.63) is 42.0 Å². The summed E-state index contributed by atoms with van der Waals surface area (Å²) in [6.07, 6.45) is 6.36. The fourth-order valence-corrected chi connectivity index (χ4v) is 4.00. The molecule has 0 spiro atoms. The molecule has 1 nitrogen and oxygen atoms in total. The first-order chi connectivity index (χ1) is 9.16. The molecule has 0 bridgehead atoms. The van der Waals surface area contributed by atoms with Gasteiger partial charge in [0.1, 0.15) is 5.78 Å². The summed E-state index contributed by atoms with van der Waals surface area (Å²) in [5.74, 6) is 0.658. The molecule has 0 radical (unpaired) electrons. The third-order valence-electron chi connectivity index (χ3n) is 3.51. The van der Waals surface area contributed by atoms with Crippen LogP contribution in [0.1, 0.15) is 39.5 Å². The van der Waals surface area contributed by atoms with E-state index in [1.165, 1.54) is 16.9 Å². The molecular weight excluding hydrogens is 252 g/mol. The summed E-state index contributed by atoms with van der Waals surface area (Å²) in [5, 5.41) is 0.292. The van der Waals surface area contributed by atoms with Crippen LogP contribution in [0, 0.1) is 5.92 Å². The number of rotatable bonds is 4. The molecule has 2 rings (SSSR count). The van der Waals surface area contributed by atoms with Crippen molar-refractivity contribution in [1.82, 2.24) is 0 Å². The van der Waals surface area contributed by atoms with Crippen LogP contribution >= 0.6 is 11.8 Å². The molecule has 1 aliphatic carbocycles. The lowest BCUT2D eigenvalue weighted by atomic mass is 9.85. The van der Waals surface area contributed by atoms with Crippen LogP contribution in [-0.2, 0) is 4.79 Å². The van der Waals surface area contributed by atoms with Gasteiger partial charge in [-0.1, -0.05) is 36.3 Å². The summed E-state index contributed by atoms with van der Waals surface area (Å²) in [6.45, 7) is 4.23. The van der Waals surface area contributed by atoms with Gasteiger partial charge in [-0.05, 0) is 38.8 Å². The van der Waals surface area contributed by atoms with Crippen molar-refractivity contribution in [2.45, 2.75) is 49.7 Å². The molecule has 1 aromatic carbocycles. The van der Waals surface area contributed by atoms with E-state index < -0.39 is 0 Å². The molecule has 1 saturated carbocycles. The minimum atomic E-state index is 0.203. The average Bonchev–Trinajstić information content (AvgIpc) is 2.39. The summed E-state index contributed by atoms with van der Waals surface area (Å²) in [6, 6.07) is 10.4. The molecule has 0 amide bonds. The summed E-state index contributed by atoms with van der Waals surface area (Å²) < 4.78 is 0. The number of hydrogen-bond acceptors (Lipinski definition) is 2. The Hall–Kier alpha value is -1.02. The normalized spacial score (nSPS) is 20.9. The molecular formula is C17H22OS. The summed E-state index contributed by atoms with van der Waals surface area (Å²) in [5.41, 5.74) is 1.30. The van der Waals surface area contributed by atoms with Crippen molar-refractivity contribution in [1.29, 1.82) is 0 Å². The average molecular weight is 274 g/mol. The van der Waals surface area contributed by atoms with Crippen LogP contribution in [0.5, 0.6) is 0 Å². The maximum Gasteiger partial charge on any atom is 0.137 e. The fourth-order valence-electron chi connectivity index (χ4n) is 2.57. The minimum absolute atomic E-state index is 0.203. The molecule has 2 atom stereocenters. The highest BCUT2D eigenvalue weighted by atomic mass is 32.2. The highest BCUT2D eigenvalue weighted by molar-refractivity contribution is 8.00. The molecule has 102 valence electrons. The number of benzene rings is 1. The molecule has 0 saturated heterocycles. The maximum absolute atomic E-state index is 12.2. The third kappa shape index (κ3) is 4.24. The molecule has 1 aromatic rings. The van der Waals surface area contributed by atoms with Crippen LogP contribution in [-0.4, -0.2) is 11.0 Å². The predicted molar refractivity (Wildman–Crippen MR) is 82.5 cm³/mol. The van der Waals surface area contributed by atoms with Crippen molar-refractivity contribution in [2.75, 3.05) is 0 Å². The molecule has 0 N–H and O–H groups in total. The molecule has 0 heterocycles. The highest BCUT2D eigenvalue weighted by Crippen LogP contribution is 2.35. The zero-order chi connectivity index (χ0) is 13.7. The van der Waals surface area contributed by atoms with Crippen LogP contribution in [0.3, 0.4) is 0 Å². The first kappa shape index (κ1) is 14.4. The van der Waals surface area contributed by atoms with Crippen LogP contribution in [0.25, 0.3) is 0 Å². The standard InChI is InChI=1S/C17H22OS/c1-13(2)12-17(15-10-6-7-11-16(15)18)19-14-8-4-3-5-9-14/h3-5,8-9,12,15,17H,6-7,10-11H2,1-2H3. The second-order valence-electron chi connectivity index (χ2n) is 5.46. The zero-order valence-electron chi connectivity index (χ0n) is 11.8. The summed E-state index contributed by atoms with van der Waals surface area (Å²) >= 11 is 1.83. The van der Waals surface area contributed by atoms with Crippen molar-refractivity contribution < 1.29 is 4.79 Å². The van der Waals surface area contributed by atoms with E-state index >= 15 is 0 Å². The van der Waals surface area contributed by atoms with Gasteiger partial charge >= 0.3 is 0 Å². The van der Waals surface area contributed by atoms with E-state index in [4.69, 9.17) is 0 Å². The number of hydrogen-bond donors (Lipinski definition) is 0. The number of ketones is 1. The van der Waals surface area contributed by atoms with Gasteiger partial charge in [-0.15, -0.1) is 11.8 Å². The first-order valence-corrected chi connectivity index (χ1v) is 7.94. The Bertz CT molecular complexity index is 446. The Kier molecular flexibility index (Phi) is 5.26. The van der Waals surface area contributed by atoms with E-state index in [2.05, 4.69) is 44.2 Å². The Labute approximate surface area is 120 Å². The Balaban J connectivity index is 2.16. The van der Waals surface area contributed by atoms with Gasteiger partial charge in [0.2, 0.25) is 0 Å². The SMILES string of the molecule is CC(C)=CC(Sc1ccccc1)C1CCCCC1=O. The van der Waals surface area contributed by atoms with Crippen molar-refractivity contribution >= 4 is 17.5 Å². The number of carbonyl (C=O) groups is 1. The number of carbonyl (C=O) groups excluding carboxylic acids is 1. The van der Waals surface area contributed by atoms with E-state index in [-0.39, 0.29) is 5.92 Å². The molecule has 2 heteroatoms. The number of thioether (sulfide) groups is 1. The van der Waals surface area contributed by atoms with E-state index in [1.54, 1.807) is 0 Å². The smallest absolute Gasteiger partial charge is 0.137 e. The van der Waals surface area contributed by atoms with E-state index in [0.717, 1.165) is 19.3 Å². The van der Waals surface area contributed by atoms with Crippen LogP contribution in [0.15, 0.2) is 46.9 Å². The van der Waals surface area contributed by atoms with Crippen molar-refractivity contribution in [3.8, 4) is 0 Å². The van der Waals surface area contributed by atoms with Crippen LogP contribution in [0.2, 0.25) is 0 Å². The second-order valence-corrected chi connectivity index (χ2v) is 6.71. The molecule has 1 fully saturated rings. The Morgan fingerprint density at radius 1 is 1.26 bits per heavy atom. The molecule has 19 heavy (non-hydrogen) atoms. The van der Waals surface area contributed by atoms with Gasteiger partial charge in [0, 0.05) is 22.5 Å². The monoisotopic (exact) mass is 274 g/mol. The van der Waals surface area contributed by atoms with Crippen LogP contribution in [0.4, 0.5) is 0 Å². The van der Waals surface area contributed by atoms with Gasteiger partial charge in [0.25, 0.3) is 0 Å². The number of allylic oxidation sites excluding steroid dienone is 1. The quantitative estimate of drug-likeness (QED) is 0.575. The first-order valence-electron chi connectivity index (χ1n) is 7.06. The zero-order valence-corrected chi connectivity index (χ0v) is 12.6. The molecule has 1 aliphatic rings. The number of Topliss-reactive ketones (excluding diaryl/α,β-unsaturated/α-hetero) is 1. The molecule has 0 aliphatic heterocycles. The Morgan fingerprint density at radius 3 is 2.63 bits per heavy atom. The topological polar surface area (TPSA) is 17.1 Å². The predicted octanol–water partition coefficient (Wildman–Crippen LogP) is 4.87.